The maximum Gasteiger partial charge on any atom is 0.304 e. The van der Waals surface area contributed by atoms with Gasteiger partial charge in [0, 0.05) is 50.4 Å². The Hall–Kier alpha value is -2.48. The minimum atomic E-state index is -0.829. The van der Waals surface area contributed by atoms with Crippen LogP contribution in [0.3, 0.4) is 0 Å². The molecule has 1 aliphatic rings. The van der Waals surface area contributed by atoms with Gasteiger partial charge in [-0.25, -0.2) is 0 Å². The zero-order valence-electron chi connectivity index (χ0n) is 12.0. The summed E-state index contributed by atoms with van der Waals surface area (Å²) in [5, 5.41) is 19.2. The molecule has 1 heterocycles. The molecule has 0 saturated carbocycles. The predicted molar refractivity (Wildman–Crippen MR) is 77.7 cm³/mol. The van der Waals surface area contributed by atoms with Gasteiger partial charge in [-0.1, -0.05) is 0 Å². The molecule has 22 heavy (non-hydrogen) atoms. The molecule has 0 spiro atoms. The number of nitrogens with zero attached hydrogens (tertiary/aromatic N) is 3. The van der Waals surface area contributed by atoms with Gasteiger partial charge in [0.2, 0.25) is 0 Å². The van der Waals surface area contributed by atoms with Gasteiger partial charge in [-0.05, 0) is 12.1 Å². The number of nitro benzene ring substituents is 1. The molecule has 1 fully saturated rings. The second-order valence-electron chi connectivity index (χ2n) is 5.08. The quantitative estimate of drug-likeness (QED) is 0.638. The number of carbonyl (C=O) groups is 2. The Balaban J connectivity index is 1.89. The van der Waals surface area contributed by atoms with E-state index in [1.54, 1.807) is 4.90 Å². The topological polar surface area (TPSA) is 104 Å². The third-order valence-corrected chi connectivity index (χ3v) is 3.63. The van der Waals surface area contributed by atoms with Crippen LogP contribution in [-0.4, -0.2) is 64.4 Å². The number of hydrogen-bond acceptors (Lipinski definition) is 5. The van der Waals surface area contributed by atoms with Crippen molar-refractivity contribution in [2.75, 3.05) is 32.7 Å². The number of carboxylic acid groups (broad SMARTS) is 1. The van der Waals surface area contributed by atoms with Crippen LogP contribution in [0, 0.1) is 10.1 Å². The predicted octanol–water partition coefficient (Wildman–Crippen LogP) is 0.827. The summed E-state index contributed by atoms with van der Waals surface area (Å²) in [7, 11) is 0. The molecule has 0 aliphatic carbocycles. The molecule has 0 bridgehead atoms. The van der Waals surface area contributed by atoms with Crippen molar-refractivity contribution in [1.29, 1.82) is 0 Å². The first-order valence-corrected chi connectivity index (χ1v) is 6.95. The number of nitro groups is 1. The number of carboxylic acids is 1. The molecule has 118 valence electrons. The first-order chi connectivity index (χ1) is 10.5. The number of non-ortho nitro benzene ring substituents is 1. The second-order valence-corrected chi connectivity index (χ2v) is 5.08. The van der Waals surface area contributed by atoms with Crippen LogP contribution in [0.4, 0.5) is 5.69 Å². The van der Waals surface area contributed by atoms with Gasteiger partial charge in [0.1, 0.15) is 0 Å². The zero-order chi connectivity index (χ0) is 16.1. The van der Waals surface area contributed by atoms with E-state index in [4.69, 9.17) is 5.11 Å². The van der Waals surface area contributed by atoms with Gasteiger partial charge in [0.15, 0.2) is 0 Å². The van der Waals surface area contributed by atoms with E-state index in [0.29, 0.717) is 38.3 Å². The van der Waals surface area contributed by atoms with Crippen LogP contribution in [0.5, 0.6) is 0 Å². The lowest BCUT2D eigenvalue weighted by Crippen LogP contribution is -2.49. The average molecular weight is 307 g/mol. The van der Waals surface area contributed by atoms with E-state index in [2.05, 4.69) is 0 Å². The number of aliphatic carboxylic acids is 1. The third kappa shape index (κ3) is 4.01. The fourth-order valence-corrected chi connectivity index (χ4v) is 2.34. The van der Waals surface area contributed by atoms with Crippen LogP contribution in [0.15, 0.2) is 24.3 Å². The molecule has 8 heteroatoms. The maximum absolute atomic E-state index is 12.3. The van der Waals surface area contributed by atoms with Crippen molar-refractivity contribution in [2.24, 2.45) is 0 Å². The van der Waals surface area contributed by atoms with Gasteiger partial charge in [0.25, 0.3) is 11.6 Å². The molecule has 0 radical (unpaired) electrons. The lowest BCUT2D eigenvalue weighted by atomic mass is 10.1. The fourth-order valence-electron chi connectivity index (χ4n) is 2.34. The SMILES string of the molecule is O=C(O)CCN1CCN(C(=O)c2ccc([N+](=O)[O-])cc2)CC1. The van der Waals surface area contributed by atoms with Crippen LogP contribution in [0.25, 0.3) is 0 Å². The van der Waals surface area contributed by atoms with Crippen molar-refractivity contribution in [1.82, 2.24) is 9.80 Å². The molecule has 0 aromatic heterocycles. The van der Waals surface area contributed by atoms with Crippen LogP contribution < -0.4 is 0 Å². The number of piperazine rings is 1. The van der Waals surface area contributed by atoms with E-state index in [9.17, 15) is 19.7 Å². The summed E-state index contributed by atoms with van der Waals surface area (Å²) in [6.07, 6.45) is 0.0936. The first kappa shape index (κ1) is 15.9. The Morgan fingerprint density at radius 3 is 2.23 bits per heavy atom. The molecular formula is C14H17N3O5. The third-order valence-electron chi connectivity index (χ3n) is 3.63. The Labute approximate surface area is 127 Å². The average Bonchev–Trinajstić information content (AvgIpc) is 2.53. The molecule has 1 aliphatic heterocycles. The molecular weight excluding hydrogens is 290 g/mol. The molecule has 1 amide bonds. The standard InChI is InChI=1S/C14H17N3O5/c18-13(19)5-6-15-7-9-16(10-8-15)14(20)11-1-3-12(4-2-11)17(21)22/h1-4H,5-10H2,(H,18,19). The second kappa shape index (κ2) is 6.99. The van der Waals surface area contributed by atoms with E-state index >= 15 is 0 Å². The molecule has 0 atom stereocenters. The summed E-state index contributed by atoms with van der Waals surface area (Å²) in [5.74, 6) is -0.989. The van der Waals surface area contributed by atoms with Gasteiger partial charge < -0.3 is 10.0 Å². The molecule has 0 unspecified atom stereocenters. The fraction of sp³-hybridized carbons (Fsp3) is 0.429. The highest BCUT2D eigenvalue weighted by Gasteiger charge is 2.22. The van der Waals surface area contributed by atoms with Crippen LogP contribution in [0.2, 0.25) is 0 Å². The van der Waals surface area contributed by atoms with E-state index < -0.39 is 10.9 Å². The number of rotatable bonds is 5. The molecule has 8 nitrogen and oxygen atoms in total. The Morgan fingerprint density at radius 2 is 1.73 bits per heavy atom. The monoisotopic (exact) mass is 307 g/mol. The lowest BCUT2D eigenvalue weighted by molar-refractivity contribution is -0.384. The highest BCUT2D eigenvalue weighted by molar-refractivity contribution is 5.94. The minimum Gasteiger partial charge on any atom is -0.481 e. The normalized spacial score (nSPS) is 15.5. The summed E-state index contributed by atoms with van der Waals surface area (Å²) in [6.45, 7) is 2.79. The summed E-state index contributed by atoms with van der Waals surface area (Å²) >= 11 is 0. The molecule has 2 rings (SSSR count). The first-order valence-electron chi connectivity index (χ1n) is 6.95. The lowest BCUT2D eigenvalue weighted by Gasteiger charge is -2.34. The van der Waals surface area contributed by atoms with Crippen molar-refractivity contribution in [2.45, 2.75) is 6.42 Å². The largest absolute Gasteiger partial charge is 0.481 e. The van der Waals surface area contributed by atoms with E-state index in [1.807, 2.05) is 4.90 Å². The van der Waals surface area contributed by atoms with Gasteiger partial charge in [-0.2, -0.15) is 0 Å². The summed E-state index contributed by atoms with van der Waals surface area (Å²) < 4.78 is 0. The van der Waals surface area contributed by atoms with Gasteiger partial charge in [-0.3, -0.25) is 24.6 Å². The smallest absolute Gasteiger partial charge is 0.304 e. The molecule has 1 aromatic rings. The Bertz CT molecular complexity index is 564. The van der Waals surface area contributed by atoms with Crippen molar-refractivity contribution in [3.05, 3.63) is 39.9 Å². The number of amides is 1. The van der Waals surface area contributed by atoms with Gasteiger partial charge >= 0.3 is 5.97 Å². The highest BCUT2D eigenvalue weighted by atomic mass is 16.6. The van der Waals surface area contributed by atoms with E-state index in [-0.39, 0.29) is 18.0 Å². The van der Waals surface area contributed by atoms with Crippen molar-refractivity contribution >= 4 is 17.6 Å². The number of carbonyl (C=O) groups excluding carboxylic acids is 1. The van der Waals surface area contributed by atoms with Gasteiger partial charge in [-0.15, -0.1) is 0 Å². The minimum absolute atomic E-state index is 0.0463. The Morgan fingerprint density at radius 1 is 1.14 bits per heavy atom. The van der Waals surface area contributed by atoms with E-state index in [0.717, 1.165) is 0 Å². The van der Waals surface area contributed by atoms with Crippen LogP contribution in [0.1, 0.15) is 16.8 Å². The summed E-state index contributed by atoms with van der Waals surface area (Å²) in [6, 6.07) is 5.54. The maximum atomic E-state index is 12.3. The van der Waals surface area contributed by atoms with Crippen LogP contribution in [-0.2, 0) is 4.79 Å². The number of benzene rings is 1. The van der Waals surface area contributed by atoms with Crippen molar-refractivity contribution in [3.8, 4) is 0 Å². The van der Waals surface area contributed by atoms with Crippen molar-refractivity contribution in [3.63, 3.8) is 0 Å². The van der Waals surface area contributed by atoms with E-state index in [1.165, 1.54) is 24.3 Å². The molecule has 1 saturated heterocycles. The molecule has 1 N–H and O–H groups in total. The van der Waals surface area contributed by atoms with Gasteiger partial charge in [0.05, 0.1) is 11.3 Å². The Kier molecular flexibility index (Phi) is 5.05. The summed E-state index contributed by atoms with van der Waals surface area (Å²) in [5.41, 5.74) is 0.375. The number of hydrogen-bond donors (Lipinski definition) is 1. The highest BCUT2D eigenvalue weighted by Crippen LogP contribution is 2.14. The van der Waals surface area contributed by atoms with Crippen LogP contribution >= 0.6 is 0 Å². The molecule has 1 aromatic carbocycles. The zero-order valence-corrected chi connectivity index (χ0v) is 12.0. The van der Waals surface area contributed by atoms with Crippen molar-refractivity contribution < 1.29 is 19.6 Å². The summed E-state index contributed by atoms with van der Waals surface area (Å²) in [4.78, 5) is 36.6.